The lowest BCUT2D eigenvalue weighted by Crippen LogP contribution is -2.49. The van der Waals surface area contributed by atoms with Crippen LogP contribution in [-0.2, 0) is 0 Å². The molecule has 1 aliphatic rings. The fraction of sp³-hybridized carbons (Fsp3) is 0.636. The van der Waals surface area contributed by atoms with Gasteiger partial charge in [0.25, 0.3) is 5.56 Å². The Morgan fingerprint density at radius 2 is 2.47 bits per heavy atom. The number of anilines is 1. The Morgan fingerprint density at radius 1 is 1.71 bits per heavy atom. The summed E-state index contributed by atoms with van der Waals surface area (Å²) in [6.07, 6.45) is 3.78. The van der Waals surface area contributed by atoms with Crippen molar-refractivity contribution in [1.82, 2.24) is 9.97 Å². The molecule has 0 radical (unpaired) electrons. The first kappa shape index (κ1) is 12.8. The maximum Gasteiger partial charge on any atom is 0.266 e. The molecule has 2 atom stereocenters. The van der Waals surface area contributed by atoms with Crippen molar-refractivity contribution in [3.63, 3.8) is 0 Å². The van der Waals surface area contributed by atoms with E-state index in [0.29, 0.717) is 16.0 Å². The summed E-state index contributed by atoms with van der Waals surface area (Å²) in [5, 5.41) is 0. The number of hydrogen-bond donors (Lipinski definition) is 2. The number of piperidine rings is 1. The summed E-state index contributed by atoms with van der Waals surface area (Å²) in [5.41, 5.74) is 5.77. The van der Waals surface area contributed by atoms with E-state index in [1.807, 2.05) is 0 Å². The molecule has 1 fully saturated rings. The van der Waals surface area contributed by atoms with E-state index >= 15 is 0 Å². The van der Waals surface area contributed by atoms with Crippen LogP contribution in [0.2, 0.25) is 0 Å². The Balaban J connectivity index is 2.37. The number of aromatic amines is 1. The molecule has 1 saturated heterocycles. The molecule has 1 aliphatic heterocycles. The first-order valence-electron chi connectivity index (χ1n) is 5.85. The maximum atomic E-state index is 11.6. The zero-order chi connectivity index (χ0) is 12.4. The predicted octanol–water partition coefficient (Wildman–Crippen LogP) is 0.938. The van der Waals surface area contributed by atoms with Crippen LogP contribution >= 0.6 is 22.6 Å². The summed E-state index contributed by atoms with van der Waals surface area (Å²) >= 11 is 2.05. The topological polar surface area (TPSA) is 75.0 Å². The lowest BCUT2D eigenvalue weighted by Gasteiger charge is -2.40. The van der Waals surface area contributed by atoms with Gasteiger partial charge in [-0.05, 0) is 41.4 Å². The van der Waals surface area contributed by atoms with E-state index < -0.39 is 0 Å². The van der Waals surface area contributed by atoms with Crippen LogP contribution in [0, 0.1) is 9.49 Å². The summed E-state index contributed by atoms with van der Waals surface area (Å²) in [4.78, 5) is 20.7. The number of nitrogens with two attached hydrogens (primary N) is 1. The standard InChI is InChI=1S/C11H17IN4O/c1-7-3-2-4-16(8(7)5-13)10-9(12)11(17)15-6-14-10/h6-8H,2-5,13H2,1H3,(H,14,15,17). The molecule has 17 heavy (non-hydrogen) atoms. The average Bonchev–Trinajstić information content (AvgIpc) is 2.32. The van der Waals surface area contributed by atoms with Crippen LogP contribution in [0.3, 0.4) is 0 Å². The third-order valence-electron chi connectivity index (χ3n) is 3.41. The number of aromatic nitrogens is 2. The molecule has 0 aromatic carbocycles. The van der Waals surface area contributed by atoms with Crippen molar-refractivity contribution >= 4 is 28.4 Å². The second kappa shape index (κ2) is 5.34. The zero-order valence-corrected chi connectivity index (χ0v) is 12.0. The molecule has 0 aliphatic carbocycles. The van der Waals surface area contributed by atoms with Crippen LogP contribution in [0.25, 0.3) is 0 Å². The minimum atomic E-state index is -0.0791. The van der Waals surface area contributed by atoms with Gasteiger partial charge in [-0.2, -0.15) is 0 Å². The minimum absolute atomic E-state index is 0.0791. The second-order valence-electron chi connectivity index (χ2n) is 4.49. The highest BCUT2D eigenvalue weighted by atomic mass is 127. The molecule has 2 unspecified atom stereocenters. The molecule has 5 nitrogen and oxygen atoms in total. The Hall–Kier alpha value is -0.630. The Labute approximate surface area is 114 Å². The van der Waals surface area contributed by atoms with Gasteiger partial charge in [0.2, 0.25) is 0 Å². The quantitative estimate of drug-likeness (QED) is 0.780. The van der Waals surface area contributed by atoms with E-state index in [-0.39, 0.29) is 11.6 Å². The number of nitrogens with one attached hydrogen (secondary N) is 1. The fourth-order valence-corrected chi connectivity index (χ4v) is 3.05. The molecule has 0 bridgehead atoms. The van der Waals surface area contributed by atoms with Crippen LogP contribution in [0.15, 0.2) is 11.1 Å². The SMILES string of the molecule is CC1CCCN(c2nc[nH]c(=O)c2I)C1CN. The largest absolute Gasteiger partial charge is 0.351 e. The van der Waals surface area contributed by atoms with Gasteiger partial charge in [-0.1, -0.05) is 6.92 Å². The van der Waals surface area contributed by atoms with Gasteiger partial charge in [0.15, 0.2) is 0 Å². The number of hydrogen-bond acceptors (Lipinski definition) is 4. The molecule has 94 valence electrons. The van der Waals surface area contributed by atoms with E-state index in [9.17, 15) is 4.79 Å². The van der Waals surface area contributed by atoms with E-state index in [1.54, 1.807) is 0 Å². The van der Waals surface area contributed by atoms with E-state index in [4.69, 9.17) is 5.73 Å². The molecule has 1 aromatic heterocycles. The summed E-state index contributed by atoms with van der Waals surface area (Å²) in [6, 6.07) is 0.284. The number of rotatable bonds is 2. The highest BCUT2D eigenvalue weighted by Crippen LogP contribution is 2.28. The lowest BCUT2D eigenvalue weighted by atomic mass is 9.91. The molecule has 0 saturated carbocycles. The molecular formula is C11H17IN4O. The fourth-order valence-electron chi connectivity index (χ4n) is 2.45. The Bertz CT molecular complexity index is 447. The molecule has 1 aromatic rings. The van der Waals surface area contributed by atoms with Gasteiger partial charge in [0, 0.05) is 19.1 Å². The van der Waals surface area contributed by atoms with Crippen LogP contribution in [0.4, 0.5) is 5.82 Å². The molecule has 2 heterocycles. The van der Waals surface area contributed by atoms with Gasteiger partial charge in [-0.25, -0.2) is 4.98 Å². The third kappa shape index (κ3) is 2.47. The maximum absolute atomic E-state index is 11.6. The van der Waals surface area contributed by atoms with Crippen molar-refractivity contribution in [3.8, 4) is 0 Å². The average molecular weight is 348 g/mol. The number of H-pyrrole nitrogens is 1. The normalized spacial score (nSPS) is 25.0. The number of nitrogens with zero attached hydrogens (tertiary/aromatic N) is 2. The Morgan fingerprint density at radius 3 is 3.18 bits per heavy atom. The molecular weight excluding hydrogens is 331 g/mol. The van der Waals surface area contributed by atoms with Crippen LogP contribution in [-0.4, -0.2) is 29.1 Å². The summed E-state index contributed by atoms with van der Waals surface area (Å²) in [7, 11) is 0. The van der Waals surface area contributed by atoms with Crippen LogP contribution < -0.4 is 16.2 Å². The summed E-state index contributed by atoms with van der Waals surface area (Å²) in [5.74, 6) is 1.32. The molecule has 6 heteroatoms. The van der Waals surface area contributed by atoms with Crippen LogP contribution in [0.5, 0.6) is 0 Å². The third-order valence-corrected chi connectivity index (χ3v) is 4.38. The molecule has 0 spiro atoms. The first-order chi connectivity index (χ1) is 8.15. The van der Waals surface area contributed by atoms with Crippen molar-refractivity contribution < 1.29 is 0 Å². The lowest BCUT2D eigenvalue weighted by molar-refractivity contribution is 0.347. The second-order valence-corrected chi connectivity index (χ2v) is 5.56. The smallest absolute Gasteiger partial charge is 0.266 e. The van der Waals surface area contributed by atoms with Crippen molar-refractivity contribution in [3.05, 3.63) is 20.3 Å². The molecule has 0 amide bonds. The van der Waals surface area contributed by atoms with Gasteiger partial charge in [0.1, 0.15) is 9.39 Å². The Kier molecular flexibility index (Phi) is 4.03. The van der Waals surface area contributed by atoms with E-state index in [1.165, 1.54) is 12.7 Å². The van der Waals surface area contributed by atoms with Gasteiger partial charge < -0.3 is 15.6 Å². The predicted molar refractivity (Wildman–Crippen MR) is 76.2 cm³/mol. The highest BCUT2D eigenvalue weighted by molar-refractivity contribution is 14.1. The zero-order valence-electron chi connectivity index (χ0n) is 9.82. The van der Waals surface area contributed by atoms with Crippen molar-refractivity contribution in [2.45, 2.75) is 25.8 Å². The minimum Gasteiger partial charge on any atom is -0.351 e. The van der Waals surface area contributed by atoms with Gasteiger partial charge >= 0.3 is 0 Å². The monoisotopic (exact) mass is 348 g/mol. The summed E-state index contributed by atoms with van der Waals surface area (Å²) in [6.45, 7) is 3.74. The van der Waals surface area contributed by atoms with E-state index in [2.05, 4.69) is 44.4 Å². The van der Waals surface area contributed by atoms with Gasteiger partial charge in [-0.15, -0.1) is 0 Å². The van der Waals surface area contributed by atoms with Crippen LogP contribution in [0.1, 0.15) is 19.8 Å². The first-order valence-corrected chi connectivity index (χ1v) is 6.93. The van der Waals surface area contributed by atoms with Crippen molar-refractivity contribution in [2.24, 2.45) is 11.7 Å². The molecule has 2 rings (SSSR count). The van der Waals surface area contributed by atoms with Gasteiger partial charge in [0.05, 0.1) is 6.33 Å². The molecule has 3 N–H and O–H groups in total. The summed E-state index contributed by atoms with van der Waals surface area (Å²) < 4.78 is 0.651. The van der Waals surface area contributed by atoms with E-state index in [0.717, 1.165) is 18.8 Å². The highest BCUT2D eigenvalue weighted by Gasteiger charge is 2.29. The number of halogens is 1. The van der Waals surface area contributed by atoms with Gasteiger partial charge in [-0.3, -0.25) is 4.79 Å². The van der Waals surface area contributed by atoms with Crippen molar-refractivity contribution in [1.29, 1.82) is 0 Å². The van der Waals surface area contributed by atoms with Crippen molar-refractivity contribution in [2.75, 3.05) is 18.0 Å².